The molecule has 8 heteroatoms. The molecular formula is C15H15N5O2S. The topological polar surface area (TPSA) is 95.8 Å². The summed E-state index contributed by atoms with van der Waals surface area (Å²) in [7, 11) is 0. The molecule has 23 heavy (non-hydrogen) atoms. The number of thiophene rings is 1. The number of rotatable bonds is 4. The Hall–Kier alpha value is -2.45. The van der Waals surface area contributed by atoms with Crippen LogP contribution in [-0.4, -0.2) is 27.6 Å². The summed E-state index contributed by atoms with van der Waals surface area (Å²) < 4.78 is 5.44. The quantitative estimate of drug-likeness (QED) is 0.677. The van der Waals surface area contributed by atoms with Gasteiger partial charge in [-0.2, -0.15) is 5.10 Å². The first kappa shape index (κ1) is 14.2. The van der Waals surface area contributed by atoms with Crippen LogP contribution in [0.1, 0.15) is 27.4 Å². The van der Waals surface area contributed by atoms with Gasteiger partial charge in [-0.15, -0.1) is 11.3 Å². The number of H-pyrrole nitrogens is 1. The number of aromatic amines is 1. The maximum atomic E-state index is 12.3. The average Bonchev–Trinajstić information content (AvgIpc) is 3.31. The van der Waals surface area contributed by atoms with Crippen molar-refractivity contribution < 1.29 is 9.21 Å². The summed E-state index contributed by atoms with van der Waals surface area (Å²) in [5.41, 5.74) is 3.13. The summed E-state index contributed by atoms with van der Waals surface area (Å²) in [6.45, 7) is 1.88. The minimum atomic E-state index is -0.202. The molecule has 0 aliphatic carbocycles. The van der Waals surface area contributed by atoms with Crippen LogP contribution in [0.25, 0.3) is 10.8 Å². The third-order valence-electron chi connectivity index (χ3n) is 3.74. The minimum absolute atomic E-state index is 0.202. The molecular weight excluding hydrogens is 314 g/mol. The standard InChI is InChI=1S/C15H15N5O2S/c21-14(13-10-7-16-4-3-11(10)19-20-13)17-6-9-8-22-15(18-9)12-2-1-5-23-12/h1-2,5,8,16H,3-4,6-7H2,(H,17,21)(H,19,20). The Morgan fingerprint density at radius 1 is 1.48 bits per heavy atom. The summed E-state index contributed by atoms with van der Waals surface area (Å²) >= 11 is 1.56. The molecule has 0 unspecified atom stereocenters. The van der Waals surface area contributed by atoms with Crippen LogP contribution < -0.4 is 10.6 Å². The van der Waals surface area contributed by atoms with Gasteiger partial charge < -0.3 is 15.1 Å². The van der Waals surface area contributed by atoms with E-state index in [1.807, 2.05) is 17.5 Å². The molecule has 0 bridgehead atoms. The van der Waals surface area contributed by atoms with Gasteiger partial charge >= 0.3 is 0 Å². The molecule has 4 heterocycles. The van der Waals surface area contributed by atoms with Gasteiger partial charge in [-0.05, 0) is 11.4 Å². The normalized spacial score (nSPS) is 13.7. The highest BCUT2D eigenvalue weighted by atomic mass is 32.1. The van der Waals surface area contributed by atoms with Crippen LogP contribution in [0.5, 0.6) is 0 Å². The van der Waals surface area contributed by atoms with Gasteiger partial charge in [-0.1, -0.05) is 6.07 Å². The third-order valence-corrected chi connectivity index (χ3v) is 4.59. The van der Waals surface area contributed by atoms with Crippen molar-refractivity contribution in [1.82, 2.24) is 25.8 Å². The predicted octanol–water partition coefficient (Wildman–Crippen LogP) is 1.70. The summed E-state index contributed by atoms with van der Waals surface area (Å²) in [4.78, 5) is 17.7. The SMILES string of the molecule is O=C(NCc1coc(-c2cccs2)n1)c1n[nH]c2c1CNCC2. The van der Waals surface area contributed by atoms with Crippen LogP contribution in [0.3, 0.4) is 0 Å². The fraction of sp³-hybridized carbons (Fsp3) is 0.267. The molecule has 118 valence electrons. The van der Waals surface area contributed by atoms with Crippen molar-refractivity contribution >= 4 is 17.2 Å². The van der Waals surface area contributed by atoms with Crippen molar-refractivity contribution in [2.24, 2.45) is 0 Å². The number of aromatic nitrogens is 3. The molecule has 0 saturated heterocycles. The number of carbonyl (C=O) groups excluding carboxylic acids is 1. The molecule has 1 aliphatic heterocycles. The second-order valence-corrected chi connectivity index (χ2v) is 6.21. The smallest absolute Gasteiger partial charge is 0.272 e. The summed E-state index contributed by atoms with van der Waals surface area (Å²) in [6.07, 6.45) is 2.43. The zero-order chi connectivity index (χ0) is 15.6. The zero-order valence-corrected chi connectivity index (χ0v) is 13.1. The Kier molecular flexibility index (Phi) is 3.68. The highest BCUT2D eigenvalue weighted by Crippen LogP contribution is 2.23. The molecule has 0 saturated carbocycles. The summed E-state index contributed by atoms with van der Waals surface area (Å²) in [5, 5.41) is 15.1. The van der Waals surface area contributed by atoms with E-state index in [4.69, 9.17) is 4.42 Å². The third kappa shape index (κ3) is 2.78. The molecule has 1 amide bonds. The molecule has 3 aromatic heterocycles. The first-order valence-corrected chi connectivity index (χ1v) is 8.22. The number of hydrogen-bond acceptors (Lipinski definition) is 6. The lowest BCUT2D eigenvalue weighted by Gasteiger charge is -2.12. The predicted molar refractivity (Wildman–Crippen MR) is 85.0 cm³/mol. The van der Waals surface area contributed by atoms with Gasteiger partial charge in [0.25, 0.3) is 5.91 Å². The molecule has 3 aromatic rings. The Bertz CT molecular complexity index is 821. The number of hydrogen-bond donors (Lipinski definition) is 3. The largest absolute Gasteiger partial charge is 0.443 e. The molecule has 1 aliphatic rings. The Morgan fingerprint density at radius 3 is 3.30 bits per heavy atom. The number of carbonyl (C=O) groups is 1. The van der Waals surface area contributed by atoms with E-state index in [1.165, 1.54) is 0 Å². The van der Waals surface area contributed by atoms with Gasteiger partial charge in [0.15, 0.2) is 5.69 Å². The van der Waals surface area contributed by atoms with Crippen molar-refractivity contribution in [2.75, 3.05) is 6.54 Å². The molecule has 3 N–H and O–H groups in total. The van der Waals surface area contributed by atoms with Crippen molar-refractivity contribution in [3.8, 4) is 10.8 Å². The van der Waals surface area contributed by atoms with Gasteiger partial charge in [0.1, 0.15) is 6.26 Å². The lowest BCUT2D eigenvalue weighted by atomic mass is 10.1. The molecule has 0 spiro atoms. The van der Waals surface area contributed by atoms with E-state index in [1.54, 1.807) is 17.6 Å². The van der Waals surface area contributed by atoms with Gasteiger partial charge in [-0.25, -0.2) is 4.98 Å². The first-order valence-electron chi connectivity index (χ1n) is 7.34. The van der Waals surface area contributed by atoms with Crippen molar-refractivity contribution in [1.29, 1.82) is 0 Å². The fourth-order valence-corrected chi connectivity index (χ4v) is 3.22. The average molecular weight is 329 g/mol. The van der Waals surface area contributed by atoms with Crippen LogP contribution in [0, 0.1) is 0 Å². The highest BCUT2D eigenvalue weighted by molar-refractivity contribution is 7.13. The monoisotopic (exact) mass is 329 g/mol. The summed E-state index contributed by atoms with van der Waals surface area (Å²) in [6, 6.07) is 3.89. The maximum absolute atomic E-state index is 12.3. The van der Waals surface area contributed by atoms with Crippen LogP contribution in [-0.2, 0) is 19.5 Å². The van der Waals surface area contributed by atoms with Crippen LogP contribution in [0.4, 0.5) is 0 Å². The number of nitrogens with zero attached hydrogens (tertiary/aromatic N) is 2. The summed E-state index contributed by atoms with van der Waals surface area (Å²) in [5.74, 6) is 0.373. The lowest BCUT2D eigenvalue weighted by molar-refractivity contribution is 0.0944. The highest BCUT2D eigenvalue weighted by Gasteiger charge is 2.21. The van der Waals surface area contributed by atoms with E-state index in [9.17, 15) is 4.79 Å². The Balaban J connectivity index is 1.43. The molecule has 0 atom stereocenters. The van der Waals surface area contributed by atoms with E-state index < -0.39 is 0 Å². The van der Waals surface area contributed by atoms with Gasteiger partial charge in [0.05, 0.1) is 17.1 Å². The molecule has 0 aromatic carbocycles. The zero-order valence-electron chi connectivity index (χ0n) is 12.3. The van der Waals surface area contributed by atoms with E-state index in [0.29, 0.717) is 30.4 Å². The van der Waals surface area contributed by atoms with Crippen molar-refractivity contribution in [3.63, 3.8) is 0 Å². The van der Waals surface area contributed by atoms with Gasteiger partial charge in [-0.3, -0.25) is 9.89 Å². The minimum Gasteiger partial charge on any atom is -0.443 e. The number of oxazole rings is 1. The molecule has 0 fully saturated rings. The first-order chi connectivity index (χ1) is 11.3. The fourth-order valence-electron chi connectivity index (χ4n) is 2.57. The van der Waals surface area contributed by atoms with Crippen LogP contribution >= 0.6 is 11.3 Å². The van der Waals surface area contributed by atoms with E-state index in [-0.39, 0.29) is 5.91 Å². The lowest BCUT2D eigenvalue weighted by Crippen LogP contribution is -2.28. The molecule has 0 radical (unpaired) electrons. The Labute approximate surface area is 136 Å². The van der Waals surface area contributed by atoms with E-state index >= 15 is 0 Å². The van der Waals surface area contributed by atoms with Crippen molar-refractivity contribution in [2.45, 2.75) is 19.5 Å². The second kappa shape index (κ2) is 5.98. The number of fused-ring (bicyclic) bond motifs is 1. The van der Waals surface area contributed by atoms with E-state index in [2.05, 4.69) is 25.8 Å². The van der Waals surface area contributed by atoms with Gasteiger partial charge in [0, 0.05) is 30.8 Å². The van der Waals surface area contributed by atoms with E-state index in [0.717, 1.165) is 29.1 Å². The van der Waals surface area contributed by atoms with Crippen LogP contribution in [0.15, 0.2) is 28.2 Å². The second-order valence-electron chi connectivity index (χ2n) is 5.26. The molecule has 4 rings (SSSR count). The van der Waals surface area contributed by atoms with Crippen LogP contribution in [0.2, 0.25) is 0 Å². The maximum Gasteiger partial charge on any atom is 0.272 e. The number of amides is 1. The number of nitrogens with one attached hydrogen (secondary N) is 3. The molecule has 7 nitrogen and oxygen atoms in total. The van der Waals surface area contributed by atoms with Crippen molar-refractivity contribution in [3.05, 3.63) is 46.4 Å². The van der Waals surface area contributed by atoms with Gasteiger partial charge in [0.2, 0.25) is 5.89 Å². The Morgan fingerprint density at radius 2 is 2.43 bits per heavy atom.